The molecule has 7 nitrogen and oxygen atoms in total. The monoisotopic (exact) mass is 418 g/mol. The van der Waals surface area contributed by atoms with Crippen LogP contribution in [0.3, 0.4) is 0 Å². The van der Waals surface area contributed by atoms with E-state index in [4.69, 9.17) is 0 Å². The third-order valence-electron chi connectivity index (χ3n) is 4.35. The first-order chi connectivity index (χ1) is 13.5. The minimum atomic E-state index is -0.855. The highest BCUT2D eigenvalue weighted by Crippen LogP contribution is 2.14. The largest absolute Gasteiger partial charge is 0.354 e. The standard InChI is InChI=1S/C19H22N4O3S2/c1-12-11-28-16(21-12)7-9-20-17(24)15(8-10-27-2)23-18(25)13-5-3-4-6-14(13)22-19(23)26/h3-6,11,15H,7-10H2,1-2H3,(H,20,24)(H,22,26). The molecule has 2 N–H and O–H groups in total. The van der Waals surface area contributed by atoms with E-state index in [1.165, 1.54) is 0 Å². The van der Waals surface area contributed by atoms with E-state index < -0.39 is 17.3 Å². The van der Waals surface area contributed by atoms with Gasteiger partial charge < -0.3 is 10.3 Å². The third-order valence-corrected chi connectivity index (χ3v) is 6.02. The van der Waals surface area contributed by atoms with E-state index in [9.17, 15) is 14.4 Å². The fraction of sp³-hybridized carbons (Fsp3) is 0.368. The molecule has 0 radical (unpaired) electrons. The van der Waals surface area contributed by atoms with E-state index in [1.807, 2.05) is 18.6 Å². The maximum absolute atomic E-state index is 12.9. The predicted octanol–water partition coefficient (Wildman–Crippen LogP) is 2.11. The topological polar surface area (TPSA) is 96.8 Å². The summed E-state index contributed by atoms with van der Waals surface area (Å²) in [6.07, 6.45) is 2.93. The Bertz CT molecular complexity index is 1090. The van der Waals surface area contributed by atoms with Crippen molar-refractivity contribution in [3.63, 3.8) is 0 Å². The van der Waals surface area contributed by atoms with Crippen LogP contribution in [0.15, 0.2) is 39.2 Å². The molecule has 1 atom stereocenters. The third kappa shape index (κ3) is 4.53. The summed E-state index contributed by atoms with van der Waals surface area (Å²) in [5.41, 5.74) is 0.409. The number of hydrogen-bond acceptors (Lipinski definition) is 6. The second kappa shape index (κ2) is 9.20. The lowest BCUT2D eigenvalue weighted by molar-refractivity contribution is -0.124. The SMILES string of the molecule is CSCCC(C(=O)NCCc1nc(C)cs1)n1c(=O)[nH]c2ccccc2c1=O. The van der Waals surface area contributed by atoms with Crippen LogP contribution in [0.25, 0.3) is 10.9 Å². The molecule has 0 spiro atoms. The van der Waals surface area contributed by atoms with E-state index in [0.717, 1.165) is 15.3 Å². The second-order valence-electron chi connectivity index (χ2n) is 6.37. The number of rotatable bonds is 8. The fourth-order valence-electron chi connectivity index (χ4n) is 2.99. The molecule has 28 heavy (non-hydrogen) atoms. The van der Waals surface area contributed by atoms with Crippen molar-refractivity contribution in [2.24, 2.45) is 0 Å². The number of aryl methyl sites for hydroxylation is 1. The lowest BCUT2D eigenvalue weighted by Gasteiger charge is -2.18. The second-order valence-corrected chi connectivity index (χ2v) is 8.30. The summed E-state index contributed by atoms with van der Waals surface area (Å²) in [7, 11) is 0. The van der Waals surface area contributed by atoms with Crippen molar-refractivity contribution in [1.29, 1.82) is 0 Å². The molecule has 9 heteroatoms. The number of hydrogen-bond donors (Lipinski definition) is 2. The van der Waals surface area contributed by atoms with Gasteiger partial charge in [0, 0.05) is 24.0 Å². The van der Waals surface area contributed by atoms with E-state index >= 15 is 0 Å². The smallest absolute Gasteiger partial charge is 0.329 e. The van der Waals surface area contributed by atoms with Crippen LogP contribution in [0.4, 0.5) is 0 Å². The number of H-pyrrole nitrogens is 1. The van der Waals surface area contributed by atoms with E-state index in [2.05, 4.69) is 15.3 Å². The van der Waals surface area contributed by atoms with Gasteiger partial charge in [-0.1, -0.05) is 12.1 Å². The highest BCUT2D eigenvalue weighted by molar-refractivity contribution is 7.98. The van der Waals surface area contributed by atoms with E-state index in [0.29, 0.717) is 36.0 Å². The van der Waals surface area contributed by atoms with Gasteiger partial charge in [0.15, 0.2) is 0 Å². The fourth-order valence-corrected chi connectivity index (χ4v) is 4.23. The molecule has 0 aliphatic carbocycles. The number of thiazole rings is 1. The number of aromatic amines is 1. The zero-order chi connectivity index (χ0) is 20.1. The zero-order valence-electron chi connectivity index (χ0n) is 15.7. The molecule has 1 unspecified atom stereocenters. The van der Waals surface area contributed by atoms with Crippen molar-refractivity contribution in [2.75, 3.05) is 18.6 Å². The molecule has 0 saturated carbocycles. The van der Waals surface area contributed by atoms with Crippen LogP contribution in [-0.4, -0.2) is 39.0 Å². The maximum Gasteiger partial charge on any atom is 0.329 e. The number of benzene rings is 1. The molecule has 0 fully saturated rings. The average Bonchev–Trinajstić information content (AvgIpc) is 3.09. The Morgan fingerprint density at radius 2 is 2.14 bits per heavy atom. The molecular weight excluding hydrogens is 396 g/mol. The normalized spacial score (nSPS) is 12.2. The lowest BCUT2D eigenvalue weighted by Crippen LogP contribution is -2.45. The molecule has 0 bridgehead atoms. The minimum absolute atomic E-state index is 0.329. The van der Waals surface area contributed by atoms with Crippen LogP contribution in [-0.2, 0) is 11.2 Å². The van der Waals surface area contributed by atoms with Crippen molar-refractivity contribution in [1.82, 2.24) is 19.9 Å². The predicted molar refractivity (Wildman–Crippen MR) is 114 cm³/mol. The summed E-state index contributed by atoms with van der Waals surface area (Å²) in [5, 5.41) is 6.16. The number of nitrogens with zero attached hydrogens (tertiary/aromatic N) is 2. The Hall–Kier alpha value is -2.39. The van der Waals surface area contributed by atoms with Gasteiger partial charge in [-0.25, -0.2) is 14.3 Å². The van der Waals surface area contributed by atoms with Gasteiger partial charge in [-0.2, -0.15) is 11.8 Å². The summed E-state index contributed by atoms with van der Waals surface area (Å²) in [6.45, 7) is 2.33. The zero-order valence-corrected chi connectivity index (χ0v) is 17.4. The summed E-state index contributed by atoms with van der Waals surface area (Å²) < 4.78 is 1.04. The average molecular weight is 419 g/mol. The maximum atomic E-state index is 12.9. The Balaban J connectivity index is 1.85. The van der Waals surface area contributed by atoms with Crippen LogP contribution < -0.4 is 16.6 Å². The molecule has 1 aromatic carbocycles. The Morgan fingerprint density at radius 1 is 1.36 bits per heavy atom. The molecule has 1 amide bonds. The van der Waals surface area contributed by atoms with Gasteiger partial charge in [0.2, 0.25) is 5.91 Å². The molecule has 0 aliphatic heterocycles. The van der Waals surface area contributed by atoms with Crippen molar-refractivity contribution in [3.8, 4) is 0 Å². The van der Waals surface area contributed by atoms with E-state index in [-0.39, 0.29) is 5.91 Å². The molecule has 0 aliphatic rings. The van der Waals surface area contributed by atoms with Crippen molar-refractivity contribution < 1.29 is 4.79 Å². The van der Waals surface area contributed by atoms with Crippen LogP contribution in [0.5, 0.6) is 0 Å². The Labute approximate surface area is 170 Å². The van der Waals surface area contributed by atoms with Crippen molar-refractivity contribution in [2.45, 2.75) is 25.8 Å². The minimum Gasteiger partial charge on any atom is -0.354 e. The number of carbonyl (C=O) groups excluding carboxylic acids is 1. The van der Waals surface area contributed by atoms with Gasteiger partial charge in [0.1, 0.15) is 6.04 Å². The quantitative estimate of drug-likeness (QED) is 0.584. The van der Waals surface area contributed by atoms with Gasteiger partial charge in [-0.05, 0) is 37.5 Å². The first-order valence-corrected chi connectivity index (χ1v) is 11.2. The molecule has 3 rings (SSSR count). The highest BCUT2D eigenvalue weighted by Gasteiger charge is 2.24. The molecule has 2 aromatic heterocycles. The van der Waals surface area contributed by atoms with Gasteiger partial charge in [0.05, 0.1) is 15.9 Å². The molecular formula is C19H22N4O3S2. The lowest BCUT2D eigenvalue weighted by atomic mass is 10.2. The highest BCUT2D eigenvalue weighted by atomic mass is 32.2. The van der Waals surface area contributed by atoms with Crippen LogP contribution >= 0.6 is 23.1 Å². The van der Waals surface area contributed by atoms with Crippen molar-refractivity contribution >= 4 is 39.9 Å². The first kappa shape index (κ1) is 20.3. The molecule has 3 aromatic rings. The van der Waals surface area contributed by atoms with Crippen molar-refractivity contribution in [3.05, 3.63) is 61.2 Å². The van der Waals surface area contributed by atoms with Crippen LogP contribution in [0, 0.1) is 6.92 Å². The van der Waals surface area contributed by atoms with Gasteiger partial charge in [0.25, 0.3) is 5.56 Å². The van der Waals surface area contributed by atoms with Gasteiger partial charge >= 0.3 is 5.69 Å². The Morgan fingerprint density at radius 3 is 2.86 bits per heavy atom. The Kier molecular flexibility index (Phi) is 6.69. The summed E-state index contributed by atoms with van der Waals surface area (Å²) in [4.78, 5) is 45.4. The van der Waals surface area contributed by atoms with Gasteiger partial charge in [-0.15, -0.1) is 11.3 Å². The number of carbonyl (C=O) groups is 1. The first-order valence-electron chi connectivity index (χ1n) is 8.92. The summed E-state index contributed by atoms with van der Waals surface area (Å²) in [6, 6.07) is 5.96. The molecule has 148 valence electrons. The van der Waals surface area contributed by atoms with Gasteiger partial charge in [-0.3, -0.25) is 9.59 Å². The number of amides is 1. The van der Waals surface area contributed by atoms with E-state index in [1.54, 1.807) is 47.4 Å². The van der Waals surface area contributed by atoms with Crippen LogP contribution in [0.1, 0.15) is 23.2 Å². The molecule has 2 heterocycles. The number of para-hydroxylation sites is 1. The summed E-state index contributed by atoms with van der Waals surface area (Å²) in [5.74, 6) is 0.327. The summed E-state index contributed by atoms with van der Waals surface area (Å²) >= 11 is 3.12. The number of aromatic nitrogens is 3. The number of fused-ring (bicyclic) bond motifs is 1. The molecule has 0 saturated heterocycles. The number of nitrogens with one attached hydrogen (secondary N) is 2. The number of thioether (sulfide) groups is 1. The van der Waals surface area contributed by atoms with Crippen LogP contribution in [0.2, 0.25) is 0 Å².